The minimum atomic E-state index is -0.195. The van der Waals surface area contributed by atoms with Gasteiger partial charge in [-0.3, -0.25) is 24.2 Å². The highest BCUT2D eigenvalue weighted by Gasteiger charge is 2.34. The van der Waals surface area contributed by atoms with E-state index in [0.717, 1.165) is 30.9 Å². The summed E-state index contributed by atoms with van der Waals surface area (Å²) in [7, 11) is 3.67. The second-order valence-electron chi connectivity index (χ2n) is 7.74. The average molecular weight is 425 g/mol. The maximum Gasteiger partial charge on any atom is 0.261 e. The van der Waals surface area contributed by atoms with E-state index in [2.05, 4.69) is 20.3 Å². The Balaban J connectivity index is 1.23. The minimum Gasteiger partial charge on any atom is -0.370 e. The van der Waals surface area contributed by atoms with Gasteiger partial charge in [-0.2, -0.15) is 5.10 Å². The minimum absolute atomic E-state index is 0.0326. The van der Waals surface area contributed by atoms with Crippen molar-refractivity contribution in [1.29, 1.82) is 0 Å². The zero-order valence-corrected chi connectivity index (χ0v) is 18.0. The number of morpholine rings is 1. The maximum absolute atomic E-state index is 12.4. The highest BCUT2D eigenvalue weighted by atomic mass is 16.5. The number of unbranched alkanes of at least 4 members (excludes halogenated alkanes) is 1. The van der Waals surface area contributed by atoms with Gasteiger partial charge in [0.2, 0.25) is 0 Å². The fourth-order valence-corrected chi connectivity index (χ4v) is 4.02. The number of carbonyl (C=O) groups excluding carboxylic acids is 2. The van der Waals surface area contributed by atoms with Crippen molar-refractivity contribution in [3.8, 4) is 0 Å². The third-order valence-corrected chi connectivity index (χ3v) is 5.64. The summed E-state index contributed by atoms with van der Waals surface area (Å²) < 4.78 is 7.68. The summed E-state index contributed by atoms with van der Waals surface area (Å²) in [6.45, 7) is 3.24. The number of hydrogen-bond acceptors (Lipinski definition) is 5. The number of nitrogens with zero attached hydrogens (tertiary/aromatic N) is 5. The first-order valence-electron chi connectivity index (χ1n) is 10.6. The van der Waals surface area contributed by atoms with Gasteiger partial charge in [0.1, 0.15) is 6.10 Å². The van der Waals surface area contributed by atoms with E-state index in [9.17, 15) is 9.59 Å². The molecule has 4 rings (SSSR count). The largest absolute Gasteiger partial charge is 0.370 e. The van der Waals surface area contributed by atoms with Crippen molar-refractivity contribution in [3.63, 3.8) is 0 Å². The molecule has 164 valence electrons. The molecule has 2 aliphatic rings. The second kappa shape index (κ2) is 9.30. The predicted octanol–water partition coefficient (Wildman–Crippen LogP) is 1.45. The lowest BCUT2D eigenvalue weighted by atomic mass is 10.1. The van der Waals surface area contributed by atoms with Crippen molar-refractivity contribution >= 4 is 17.8 Å². The Bertz CT molecular complexity index is 950. The fourth-order valence-electron chi connectivity index (χ4n) is 4.02. The summed E-state index contributed by atoms with van der Waals surface area (Å²) in [6.07, 6.45) is 5.34. The van der Waals surface area contributed by atoms with Gasteiger partial charge in [0, 0.05) is 45.5 Å². The van der Waals surface area contributed by atoms with E-state index in [0.29, 0.717) is 37.4 Å². The van der Waals surface area contributed by atoms with E-state index in [4.69, 9.17) is 4.74 Å². The van der Waals surface area contributed by atoms with E-state index >= 15 is 0 Å². The van der Waals surface area contributed by atoms with Crippen LogP contribution < -0.4 is 5.32 Å². The Morgan fingerprint density at radius 1 is 1.23 bits per heavy atom. The summed E-state index contributed by atoms with van der Waals surface area (Å²) in [5.74, 6) is 0.441. The van der Waals surface area contributed by atoms with Crippen molar-refractivity contribution in [2.24, 2.45) is 12.0 Å². The molecule has 1 aromatic carbocycles. The number of aryl methyl sites for hydroxylation is 1. The molecule has 2 amide bonds. The molecule has 1 fully saturated rings. The number of imide groups is 1. The number of nitrogens with one attached hydrogen (secondary N) is 1. The van der Waals surface area contributed by atoms with E-state index in [1.807, 2.05) is 19.4 Å². The van der Waals surface area contributed by atoms with Crippen molar-refractivity contribution in [2.45, 2.75) is 18.9 Å². The molecule has 2 aliphatic heterocycles. The lowest BCUT2D eigenvalue weighted by molar-refractivity contribution is -0.00802. The first-order chi connectivity index (χ1) is 15.1. The molecule has 2 aromatic rings. The van der Waals surface area contributed by atoms with Crippen LogP contribution in [0.3, 0.4) is 0 Å². The van der Waals surface area contributed by atoms with Crippen LogP contribution in [0.5, 0.6) is 0 Å². The zero-order chi connectivity index (χ0) is 21.8. The number of benzene rings is 1. The number of aromatic nitrogens is 2. The molecule has 9 nitrogen and oxygen atoms in total. The lowest BCUT2D eigenvalue weighted by Crippen LogP contribution is -2.48. The highest BCUT2D eigenvalue weighted by Crippen LogP contribution is 2.23. The van der Waals surface area contributed by atoms with Crippen LogP contribution in [0.25, 0.3) is 0 Å². The van der Waals surface area contributed by atoms with Crippen molar-refractivity contribution in [3.05, 3.63) is 53.3 Å². The van der Waals surface area contributed by atoms with E-state index in [-0.39, 0.29) is 17.9 Å². The Labute approximate surface area is 181 Å². The van der Waals surface area contributed by atoms with Crippen molar-refractivity contribution in [1.82, 2.24) is 24.9 Å². The number of carbonyl (C=O) groups is 2. The molecule has 0 radical (unpaired) electrons. The second-order valence-corrected chi connectivity index (χ2v) is 7.74. The third kappa shape index (κ3) is 4.46. The molecule has 0 aliphatic carbocycles. The first-order valence-corrected chi connectivity index (χ1v) is 10.6. The number of rotatable bonds is 6. The highest BCUT2D eigenvalue weighted by molar-refractivity contribution is 6.21. The molecule has 1 N–H and O–H groups in total. The van der Waals surface area contributed by atoms with Crippen LogP contribution in [-0.2, 0) is 11.8 Å². The summed E-state index contributed by atoms with van der Waals surface area (Å²) >= 11 is 0. The van der Waals surface area contributed by atoms with Gasteiger partial charge in [-0.25, -0.2) is 0 Å². The molecule has 1 aromatic heterocycles. The molecule has 0 bridgehead atoms. The van der Waals surface area contributed by atoms with Crippen LogP contribution >= 0.6 is 0 Å². The van der Waals surface area contributed by atoms with Gasteiger partial charge in [0.15, 0.2) is 5.96 Å². The molecule has 3 heterocycles. The summed E-state index contributed by atoms with van der Waals surface area (Å²) in [5.41, 5.74) is 2.06. The zero-order valence-electron chi connectivity index (χ0n) is 18.0. The molecule has 0 saturated carbocycles. The molecule has 1 saturated heterocycles. The van der Waals surface area contributed by atoms with Gasteiger partial charge < -0.3 is 15.0 Å². The molecular formula is C22H28N6O3. The molecule has 31 heavy (non-hydrogen) atoms. The Hall–Kier alpha value is -3.20. The number of guanidine groups is 1. The van der Waals surface area contributed by atoms with Crippen molar-refractivity contribution < 1.29 is 14.3 Å². The number of fused-ring (bicyclic) bond motifs is 1. The predicted molar refractivity (Wildman–Crippen MR) is 116 cm³/mol. The third-order valence-electron chi connectivity index (χ3n) is 5.64. The summed E-state index contributed by atoms with van der Waals surface area (Å²) in [4.78, 5) is 32.8. The normalized spacial score (nSPS) is 19.2. The van der Waals surface area contributed by atoms with Gasteiger partial charge in [-0.1, -0.05) is 12.1 Å². The van der Waals surface area contributed by atoms with Crippen LogP contribution in [0.2, 0.25) is 0 Å². The lowest BCUT2D eigenvalue weighted by Gasteiger charge is -2.34. The molecule has 1 atom stereocenters. The van der Waals surface area contributed by atoms with E-state index in [1.54, 1.807) is 36.0 Å². The molecular weight excluding hydrogens is 396 g/mol. The van der Waals surface area contributed by atoms with Gasteiger partial charge in [0.25, 0.3) is 11.8 Å². The summed E-state index contributed by atoms with van der Waals surface area (Å²) in [5, 5.41) is 7.62. The molecule has 0 spiro atoms. The molecule has 9 heteroatoms. The Morgan fingerprint density at radius 3 is 2.61 bits per heavy atom. The first kappa shape index (κ1) is 21.0. The van der Waals surface area contributed by atoms with Gasteiger partial charge >= 0.3 is 0 Å². The Kier molecular flexibility index (Phi) is 6.31. The van der Waals surface area contributed by atoms with E-state index < -0.39 is 0 Å². The fraction of sp³-hybridized carbons (Fsp3) is 0.455. The topological polar surface area (TPSA) is 92.1 Å². The van der Waals surface area contributed by atoms with Crippen LogP contribution in [0, 0.1) is 0 Å². The van der Waals surface area contributed by atoms with Crippen LogP contribution in [0.4, 0.5) is 0 Å². The Morgan fingerprint density at radius 2 is 1.97 bits per heavy atom. The van der Waals surface area contributed by atoms with Crippen LogP contribution in [-0.4, -0.2) is 77.2 Å². The van der Waals surface area contributed by atoms with Crippen molar-refractivity contribution in [2.75, 3.05) is 39.8 Å². The van der Waals surface area contributed by atoms with Crippen LogP contribution in [0.15, 0.2) is 41.7 Å². The maximum atomic E-state index is 12.4. The van der Waals surface area contributed by atoms with Gasteiger partial charge in [0.05, 0.1) is 30.5 Å². The standard InChI is InChI=1S/C22H28N6O3/c1-23-22(27-11-12-31-19(15-27)16-13-25-26(2)14-16)24-9-5-6-10-28-20(29)17-7-3-4-8-18(17)21(28)30/h3-4,7-8,13-14,19H,5-6,9-12,15H2,1-2H3,(H,23,24). The number of amides is 2. The quantitative estimate of drug-likeness (QED) is 0.327. The number of ether oxygens (including phenoxy) is 1. The monoisotopic (exact) mass is 424 g/mol. The van der Waals surface area contributed by atoms with Gasteiger partial charge in [-0.15, -0.1) is 0 Å². The summed E-state index contributed by atoms with van der Waals surface area (Å²) in [6, 6.07) is 6.99. The van der Waals surface area contributed by atoms with Crippen LogP contribution in [0.1, 0.15) is 45.2 Å². The number of aliphatic imine (C=N–C) groups is 1. The number of hydrogen-bond donors (Lipinski definition) is 1. The smallest absolute Gasteiger partial charge is 0.261 e. The van der Waals surface area contributed by atoms with Gasteiger partial charge in [-0.05, 0) is 25.0 Å². The average Bonchev–Trinajstić information content (AvgIpc) is 3.33. The SMILES string of the molecule is CN=C(NCCCCN1C(=O)c2ccccc2C1=O)N1CCOC(c2cnn(C)c2)C1. The van der Waals surface area contributed by atoms with E-state index in [1.165, 1.54) is 4.90 Å². The molecule has 1 unspecified atom stereocenters.